The highest BCUT2D eigenvalue weighted by Crippen LogP contribution is 2.47. The molecule has 0 unspecified atom stereocenters. The third-order valence-electron chi connectivity index (χ3n) is 6.14. The van der Waals surface area contributed by atoms with Crippen LogP contribution in [0.25, 0.3) is 11.3 Å². The minimum Gasteiger partial charge on any atom is -0.490 e. The molecule has 1 amide bonds. The van der Waals surface area contributed by atoms with E-state index in [-0.39, 0.29) is 17.2 Å². The van der Waals surface area contributed by atoms with Crippen LogP contribution in [0.15, 0.2) is 58.4 Å². The van der Waals surface area contributed by atoms with Gasteiger partial charge in [-0.15, -0.1) is 5.10 Å². The summed E-state index contributed by atoms with van der Waals surface area (Å²) in [5.74, 6) is 0.341. The van der Waals surface area contributed by atoms with Crippen molar-refractivity contribution in [2.24, 2.45) is 5.73 Å². The maximum Gasteiger partial charge on any atom is 0.415 e. The monoisotopic (exact) mass is 565 g/mol. The van der Waals surface area contributed by atoms with E-state index in [1.165, 1.54) is 0 Å². The number of halogens is 1. The van der Waals surface area contributed by atoms with Crippen molar-refractivity contribution in [2.45, 2.75) is 12.8 Å². The van der Waals surface area contributed by atoms with Crippen molar-refractivity contribution >= 4 is 22.0 Å². The quantitative estimate of drug-likeness (QED) is 0.467. The van der Waals surface area contributed by atoms with Crippen molar-refractivity contribution in [2.75, 3.05) is 32.9 Å². The minimum absolute atomic E-state index is 0.0189. The maximum atomic E-state index is 12.7. The maximum absolute atomic E-state index is 12.7. The lowest BCUT2D eigenvalue weighted by molar-refractivity contribution is 0.0413. The largest absolute Gasteiger partial charge is 0.490 e. The smallest absolute Gasteiger partial charge is 0.415 e. The number of nitrogens with zero attached hydrogens (tertiary/aromatic N) is 3. The lowest BCUT2D eigenvalue weighted by Gasteiger charge is -2.27. The number of H-pyrrole nitrogens is 1. The Balaban J connectivity index is 1.56. The molecule has 0 bridgehead atoms. The standard InChI is InChI=1S/C26H24BrN5O5/c1-2-35-20-13-16(5-8-19(20)36-26(33)32-9-11-34-12-10-32)21-18(14-28)24(29)37-25-22(21)23(30-31-25)15-3-6-17(27)7-4-15/h3-8,13,21H,2,9-12,29H2,1H3,(H,30,31)/t21-/m0/s1. The van der Waals surface area contributed by atoms with Crippen LogP contribution in [0.2, 0.25) is 0 Å². The van der Waals surface area contributed by atoms with Gasteiger partial charge in [0.2, 0.25) is 11.8 Å². The molecule has 1 atom stereocenters. The van der Waals surface area contributed by atoms with Gasteiger partial charge in [-0.2, -0.15) is 5.26 Å². The second-order valence-corrected chi connectivity index (χ2v) is 9.27. The Labute approximate surface area is 221 Å². The molecule has 1 aromatic heterocycles. The molecule has 2 aromatic carbocycles. The predicted molar refractivity (Wildman–Crippen MR) is 137 cm³/mol. The van der Waals surface area contributed by atoms with Gasteiger partial charge in [0.25, 0.3) is 0 Å². The average Bonchev–Trinajstić information content (AvgIpc) is 3.33. The lowest BCUT2D eigenvalue weighted by atomic mass is 9.83. The number of fused-ring (bicyclic) bond motifs is 1. The average molecular weight is 566 g/mol. The van der Waals surface area contributed by atoms with E-state index in [0.29, 0.717) is 61.4 Å². The van der Waals surface area contributed by atoms with Crippen LogP contribution in [0, 0.1) is 11.3 Å². The number of nitriles is 1. The number of carbonyl (C=O) groups excluding carboxylic acids is 1. The van der Waals surface area contributed by atoms with Gasteiger partial charge in [-0.05, 0) is 36.8 Å². The fraction of sp³-hybridized carbons (Fsp3) is 0.269. The zero-order valence-electron chi connectivity index (χ0n) is 20.0. The summed E-state index contributed by atoms with van der Waals surface area (Å²) in [7, 11) is 0. The highest BCUT2D eigenvalue weighted by Gasteiger charge is 2.36. The van der Waals surface area contributed by atoms with Gasteiger partial charge in [0.1, 0.15) is 11.6 Å². The van der Waals surface area contributed by atoms with Crippen LogP contribution in [0.4, 0.5) is 4.79 Å². The molecule has 10 nitrogen and oxygen atoms in total. The van der Waals surface area contributed by atoms with E-state index in [1.54, 1.807) is 23.1 Å². The van der Waals surface area contributed by atoms with Gasteiger partial charge in [-0.1, -0.05) is 34.1 Å². The first kappa shape index (κ1) is 24.7. The number of benzene rings is 2. The summed E-state index contributed by atoms with van der Waals surface area (Å²) in [6, 6.07) is 15.1. The molecular weight excluding hydrogens is 542 g/mol. The number of aromatic nitrogens is 2. The minimum atomic E-state index is -0.589. The number of morpholine rings is 1. The third-order valence-corrected chi connectivity index (χ3v) is 6.67. The Morgan fingerprint density at radius 1 is 1.24 bits per heavy atom. The van der Waals surface area contributed by atoms with Crippen molar-refractivity contribution in [3.05, 3.63) is 69.5 Å². The number of hydrogen-bond acceptors (Lipinski definition) is 8. The molecule has 2 aliphatic heterocycles. The molecule has 0 aliphatic carbocycles. The molecule has 1 saturated heterocycles. The second-order valence-electron chi connectivity index (χ2n) is 8.36. The van der Waals surface area contributed by atoms with Gasteiger partial charge in [0, 0.05) is 23.1 Å². The summed E-state index contributed by atoms with van der Waals surface area (Å²) in [6.07, 6.45) is -0.473. The fourth-order valence-corrected chi connectivity index (χ4v) is 4.64. The van der Waals surface area contributed by atoms with E-state index < -0.39 is 12.0 Å². The van der Waals surface area contributed by atoms with E-state index in [1.807, 2.05) is 31.2 Å². The lowest BCUT2D eigenvalue weighted by Crippen LogP contribution is -2.42. The predicted octanol–water partition coefficient (Wildman–Crippen LogP) is 4.29. The number of ether oxygens (including phenoxy) is 4. The van der Waals surface area contributed by atoms with Gasteiger partial charge < -0.3 is 29.6 Å². The summed E-state index contributed by atoms with van der Waals surface area (Å²) in [4.78, 5) is 14.3. The Kier molecular flexibility index (Phi) is 7.03. The zero-order chi connectivity index (χ0) is 25.9. The SMILES string of the molecule is CCOc1cc([C@H]2C(C#N)=C(N)Oc3n[nH]c(-c4ccc(Br)cc4)c32)ccc1OC(=O)N1CCOCC1. The fourth-order valence-electron chi connectivity index (χ4n) is 4.38. The normalized spacial score (nSPS) is 17.0. The number of hydrogen-bond donors (Lipinski definition) is 2. The number of aromatic amines is 1. The summed E-state index contributed by atoms with van der Waals surface area (Å²) < 4.78 is 23.5. The first-order chi connectivity index (χ1) is 18.0. The number of nitrogens with one attached hydrogen (secondary N) is 1. The molecule has 2 aliphatic rings. The van der Waals surface area contributed by atoms with E-state index in [4.69, 9.17) is 24.7 Å². The van der Waals surface area contributed by atoms with Crippen LogP contribution < -0.4 is 19.9 Å². The van der Waals surface area contributed by atoms with Gasteiger partial charge in [0.15, 0.2) is 11.5 Å². The molecule has 11 heteroatoms. The van der Waals surface area contributed by atoms with Gasteiger partial charge in [-0.3, -0.25) is 5.10 Å². The summed E-state index contributed by atoms with van der Waals surface area (Å²) in [5.41, 5.74) is 9.33. The van der Waals surface area contributed by atoms with E-state index in [2.05, 4.69) is 32.2 Å². The molecule has 0 radical (unpaired) electrons. The summed E-state index contributed by atoms with van der Waals surface area (Å²) in [6.45, 7) is 4.04. The Morgan fingerprint density at radius 3 is 2.70 bits per heavy atom. The van der Waals surface area contributed by atoms with E-state index in [9.17, 15) is 10.1 Å². The molecule has 5 rings (SSSR count). The third kappa shape index (κ3) is 4.85. The molecule has 1 fully saturated rings. The van der Waals surface area contributed by atoms with Gasteiger partial charge in [0.05, 0.1) is 37.0 Å². The second kappa shape index (κ2) is 10.5. The Bertz CT molecular complexity index is 1390. The van der Waals surface area contributed by atoms with Crippen LogP contribution in [-0.4, -0.2) is 54.1 Å². The van der Waals surface area contributed by atoms with Crippen LogP contribution >= 0.6 is 15.9 Å². The Hall–Kier alpha value is -4.01. The highest BCUT2D eigenvalue weighted by atomic mass is 79.9. The number of amides is 1. The van der Waals surface area contributed by atoms with Crippen molar-refractivity contribution in [1.82, 2.24) is 15.1 Å². The molecule has 37 heavy (non-hydrogen) atoms. The number of allylic oxidation sites excluding steroid dienone is 1. The molecule has 190 valence electrons. The zero-order valence-corrected chi connectivity index (χ0v) is 21.6. The van der Waals surface area contributed by atoms with Crippen LogP contribution in [0.3, 0.4) is 0 Å². The highest BCUT2D eigenvalue weighted by molar-refractivity contribution is 9.10. The van der Waals surface area contributed by atoms with Crippen molar-refractivity contribution in [3.63, 3.8) is 0 Å². The Morgan fingerprint density at radius 2 is 2.00 bits per heavy atom. The number of rotatable bonds is 5. The summed E-state index contributed by atoms with van der Waals surface area (Å²) in [5, 5.41) is 17.4. The van der Waals surface area contributed by atoms with Crippen LogP contribution in [0.5, 0.6) is 17.4 Å². The van der Waals surface area contributed by atoms with Crippen LogP contribution in [0.1, 0.15) is 24.0 Å². The van der Waals surface area contributed by atoms with Gasteiger partial charge in [-0.25, -0.2) is 4.79 Å². The molecule has 3 aromatic rings. The molecule has 0 saturated carbocycles. The molecule has 0 spiro atoms. The first-order valence-electron chi connectivity index (χ1n) is 11.7. The molecular formula is C26H24BrN5O5. The first-order valence-corrected chi connectivity index (χ1v) is 12.5. The van der Waals surface area contributed by atoms with Gasteiger partial charge >= 0.3 is 6.09 Å². The number of carbonyl (C=O) groups is 1. The van der Waals surface area contributed by atoms with E-state index >= 15 is 0 Å². The molecule has 3 heterocycles. The summed E-state index contributed by atoms with van der Waals surface area (Å²) >= 11 is 3.46. The van der Waals surface area contributed by atoms with Crippen LogP contribution in [-0.2, 0) is 4.74 Å². The van der Waals surface area contributed by atoms with E-state index in [0.717, 1.165) is 10.0 Å². The van der Waals surface area contributed by atoms with Crippen molar-refractivity contribution in [1.29, 1.82) is 5.26 Å². The topological polar surface area (TPSA) is 136 Å². The van der Waals surface area contributed by atoms with Crippen molar-refractivity contribution in [3.8, 4) is 34.7 Å². The molecule has 3 N–H and O–H groups in total. The van der Waals surface area contributed by atoms with Crippen molar-refractivity contribution < 1.29 is 23.7 Å². The number of nitrogens with two attached hydrogens (primary N) is 1.